The van der Waals surface area contributed by atoms with Gasteiger partial charge in [-0.2, -0.15) is 0 Å². The van der Waals surface area contributed by atoms with Crippen LogP contribution in [0.1, 0.15) is 0 Å². The molecule has 0 atom stereocenters. The quantitative estimate of drug-likeness (QED) is 0.440. The van der Waals surface area contributed by atoms with Crippen LogP contribution in [0.4, 0.5) is 5.82 Å². The molecular weight excluding hydrogens is 236 g/mol. The molecule has 0 spiro atoms. The van der Waals surface area contributed by atoms with Crippen molar-refractivity contribution in [2.45, 2.75) is 0 Å². The van der Waals surface area contributed by atoms with Crippen LogP contribution >= 0.6 is 0 Å². The van der Waals surface area contributed by atoms with Crippen LogP contribution < -0.4 is 16.1 Å². The minimum Gasteiger partial charge on any atom is -0.480 e. The molecule has 1 heterocycles. The summed E-state index contributed by atoms with van der Waals surface area (Å²) in [6.45, 7) is -1.46. The molecule has 0 amide bonds. The summed E-state index contributed by atoms with van der Waals surface area (Å²) in [5.41, 5.74) is -1.83. The zero-order valence-electron chi connectivity index (χ0n) is 8.34. The first-order valence-electron chi connectivity index (χ1n) is 4.27. The summed E-state index contributed by atoms with van der Waals surface area (Å²) in [7, 11) is 0. The highest BCUT2D eigenvalue weighted by atomic mass is 16.4. The first-order chi connectivity index (χ1) is 7.90. The summed E-state index contributed by atoms with van der Waals surface area (Å²) in [6.07, 6.45) is 0. The number of nitrogens with one attached hydrogen (secondary N) is 2. The molecule has 1 rings (SSSR count). The fourth-order valence-electron chi connectivity index (χ4n) is 1.09. The van der Waals surface area contributed by atoms with Crippen LogP contribution in [0, 0.1) is 0 Å². The average Bonchev–Trinajstić information content (AvgIpc) is 2.14. The maximum atomic E-state index is 11.3. The van der Waals surface area contributed by atoms with Crippen molar-refractivity contribution < 1.29 is 19.8 Å². The highest BCUT2D eigenvalue weighted by Gasteiger charge is 2.18. The number of aromatic amines is 2. The van der Waals surface area contributed by atoms with Gasteiger partial charge in [0.25, 0.3) is 5.56 Å². The van der Waals surface area contributed by atoms with Gasteiger partial charge in [-0.15, -0.1) is 5.10 Å². The Labute approximate surface area is 92.5 Å². The van der Waals surface area contributed by atoms with Crippen molar-refractivity contribution in [2.75, 3.05) is 18.0 Å². The van der Waals surface area contributed by atoms with E-state index in [4.69, 9.17) is 10.2 Å². The van der Waals surface area contributed by atoms with Crippen molar-refractivity contribution in [3.05, 3.63) is 20.8 Å². The molecule has 0 aliphatic carbocycles. The van der Waals surface area contributed by atoms with E-state index in [2.05, 4.69) is 5.10 Å². The fourth-order valence-corrected chi connectivity index (χ4v) is 1.09. The summed E-state index contributed by atoms with van der Waals surface area (Å²) in [5.74, 6) is -3.15. The maximum Gasteiger partial charge on any atom is 0.342 e. The lowest BCUT2D eigenvalue weighted by Gasteiger charge is -2.17. The number of carboxylic acids is 2. The second-order valence-corrected chi connectivity index (χ2v) is 2.97. The van der Waals surface area contributed by atoms with Gasteiger partial charge < -0.3 is 15.1 Å². The molecule has 10 heteroatoms. The zero-order valence-corrected chi connectivity index (χ0v) is 8.34. The molecule has 10 nitrogen and oxygen atoms in total. The van der Waals surface area contributed by atoms with E-state index >= 15 is 0 Å². The van der Waals surface area contributed by atoms with Crippen LogP contribution in [0.15, 0.2) is 9.59 Å². The van der Waals surface area contributed by atoms with E-state index in [0.717, 1.165) is 0 Å². The predicted octanol–water partition coefficient (Wildman–Crippen LogP) is -2.57. The van der Waals surface area contributed by atoms with Crippen molar-refractivity contribution in [3.8, 4) is 0 Å². The van der Waals surface area contributed by atoms with Gasteiger partial charge in [-0.3, -0.25) is 19.4 Å². The highest BCUT2D eigenvalue weighted by molar-refractivity contribution is 5.78. The Morgan fingerprint density at radius 3 is 2.12 bits per heavy atom. The Hall–Kier alpha value is -2.65. The SMILES string of the molecule is O=C(O)CN(CC(=O)O)c1n[nH]c(=O)[nH]c1=O. The number of aromatic nitrogens is 3. The van der Waals surface area contributed by atoms with Crippen molar-refractivity contribution in [3.63, 3.8) is 0 Å². The Morgan fingerprint density at radius 2 is 1.71 bits per heavy atom. The van der Waals surface area contributed by atoms with Gasteiger partial charge in [-0.1, -0.05) is 0 Å². The highest BCUT2D eigenvalue weighted by Crippen LogP contribution is 1.99. The average molecular weight is 244 g/mol. The smallest absolute Gasteiger partial charge is 0.342 e. The van der Waals surface area contributed by atoms with E-state index in [1.165, 1.54) is 0 Å². The van der Waals surface area contributed by atoms with E-state index in [0.29, 0.717) is 4.90 Å². The van der Waals surface area contributed by atoms with Gasteiger partial charge in [-0.05, 0) is 0 Å². The summed E-state index contributed by atoms with van der Waals surface area (Å²) in [6, 6.07) is 0. The van der Waals surface area contributed by atoms with Crippen LogP contribution in [0.5, 0.6) is 0 Å². The zero-order chi connectivity index (χ0) is 13.0. The van der Waals surface area contributed by atoms with Gasteiger partial charge in [-0.25, -0.2) is 9.89 Å². The van der Waals surface area contributed by atoms with Crippen LogP contribution in [-0.4, -0.2) is 50.4 Å². The Balaban J connectivity index is 3.11. The number of aliphatic carboxylic acids is 2. The molecule has 92 valence electrons. The fraction of sp³-hybridized carbons (Fsp3) is 0.286. The third kappa shape index (κ3) is 3.44. The summed E-state index contributed by atoms with van der Waals surface area (Å²) >= 11 is 0. The molecule has 0 aliphatic rings. The molecule has 0 radical (unpaired) electrons. The lowest BCUT2D eigenvalue weighted by molar-refractivity contribution is -0.136. The minimum absolute atomic E-state index is 0.477. The van der Waals surface area contributed by atoms with Gasteiger partial charge in [0.15, 0.2) is 0 Å². The number of H-pyrrole nitrogens is 2. The molecule has 0 fully saturated rings. The first kappa shape index (κ1) is 12.4. The van der Waals surface area contributed by atoms with E-state index < -0.39 is 42.1 Å². The molecule has 17 heavy (non-hydrogen) atoms. The van der Waals surface area contributed by atoms with Crippen molar-refractivity contribution in [1.29, 1.82) is 0 Å². The van der Waals surface area contributed by atoms with Crippen molar-refractivity contribution >= 4 is 17.8 Å². The van der Waals surface area contributed by atoms with Crippen LogP contribution in [0.25, 0.3) is 0 Å². The Morgan fingerprint density at radius 1 is 1.18 bits per heavy atom. The minimum atomic E-state index is -1.33. The largest absolute Gasteiger partial charge is 0.480 e. The number of hydrogen-bond donors (Lipinski definition) is 4. The molecular formula is C7H8N4O6. The number of anilines is 1. The van der Waals surface area contributed by atoms with Crippen molar-refractivity contribution in [2.24, 2.45) is 0 Å². The van der Waals surface area contributed by atoms with Gasteiger partial charge in [0, 0.05) is 0 Å². The predicted molar refractivity (Wildman–Crippen MR) is 53.0 cm³/mol. The molecule has 0 saturated carbocycles. The maximum absolute atomic E-state index is 11.3. The lowest BCUT2D eigenvalue weighted by atomic mass is 10.4. The van der Waals surface area contributed by atoms with Gasteiger partial charge in [0.1, 0.15) is 13.1 Å². The lowest BCUT2D eigenvalue weighted by Crippen LogP contribution is -2.40. The van der Waals surface area contributed by atoms with E-state index in [9.17, 15) is 19.2 Å². The second kappa shape index (κ2) is 4.92. The van der Waals surface area contributed by atoms with Gasteiger partial charge in [0.05, 0.1) is 0 Å². The molecule has 0 unspecified atom stereocenters. The number of nitrogens with zero attached hydrogens (tertiary/aromatic N) is 2. The Kier molecular flexibility index (Phi) is 3.59. The third-order valence-electron chi connectivity index (χ3n) is 1.65. The van der Waals surface area contributed by atoms with Gasteiger partial charge in [0.2, 0.25) is 5.82 Å². The van der Waals surface area contributed by atoms with Crippen molar-refractivity contribution in [1.82, 2.24) is 15.2 Å². The number of carboxylic acid groups (broad SMARTS) is 2. The number of rotatable bonds is 5. The van der Waals surface area contributed by atoms with Crippen LogP contribution in [-0.2, 0) is 9.59 Å². The summed E-state index contributed by atoms with van der Waals surface area (Å²) in [5, 5.41) is 22.3. The first-order valence-corrected chi connectivity index (χ1v) is 4.27. The molecule has 0 bridgehead atoms. The molecule has 0 aromatic carbocycles. The van der Waals surface area contributed by atoms with E-state index in [-0.39, 0.29) is 0 Å². The molecule has 0 saturated heterocycles. The van der Waals surface area contributed by atoms with E-state index in [1.807, 2.05) is 10.1 Å². The topological polar surface area (TPSA) is 156 Å². The number of carbonyl (C=O) groups is 2. The Bertz CT molecular complexity index is 530. The normalized spacial score (nSPS) is 9.88. The summed E-state index contributed by atoms with van der Waals surface area (Å²) < 4.78 is 0. The van der Waals surface area contributed by atoms with Crippen LogP contribution in [0.3, 0.4) is 0 Å². The molecule has 4 N–H and O–H groups in total. The molecule has 1 aromatic rings. The monoisotopic (exact) mass is 244 g/mol. The van der Waals surface area contributed by atoms with Crippen LogP contribution in [0.2, 0.25) is 0 Å². The second-order valence-electron chi connectivity index (χ2n) is 2.97. The summed E-state index contributed by atoms with van der Waals surface area (Å²) in [4.78, 5) is 45.5. The standard InChI is InChI=1S/C7H8N4O6/c12-3(13)1-11(2-4(14)15)5-6(16)8-7(17)10-9-5/h1-2H2,(H,12,13)(H,14,15)(H2,8,10,16,17). The van der Waals surface area contributed by atoms with E-state index in [1.54, 1.807) is 0 Å². The number of hydrogen-bond acceptors (Lipinski definition) is 6. The third-order valence-corrected chi connectivity index (χ3v) is 1.65. The van der Waals surface area contributed by atoms with Gasteiger partial charge >= 0.3 is 17.6 Å². The molecule has 1 aromatic heterocycles. The molecule has 0 aliphatic heterocycles.